The lowest BCUT2D eigenvalue weighted by molar-refractivity contribution is 0.0708. The second-order valence-corrected chi connectivity index (χ2v) is 8.80. The first-order valence-electron chi connectivity index (χ1n) is 11.3. The van der Waals surface area contributed by atoms with Crippen LogP contribution in [0.4, 0.5) is 8.78 Å². The Balaban J connectivity index is 1.59. The minimum atomic E-state index is -2.53. The van der Waals surface area contributed by atoms with Crippen LogP contribution in [0.5, 0.6) is 5.75 Å². The number of fused-ring (bicyclic) bond motifs is 2. The van der Waals surface area contributed by atoms with E-state index >= 15 is 0 Å². The van der Waals surface area contributed by atoms with Gasteiger partial charge in [-0.05, 0) is 50.1 Å². The van der Waals surface area contributed by atoms with Gasteiger partial charge in [-0.15, -0.1) is 0 Å². The molecule has 1 aliphatic rings. The molecule has 4 heterocycles. The van der Waals surface area contributed by atoms with Crippen molar-refractivity contribution in [1.29, 1.82) is 0 Å². The van der Waals surface area contributed by atoms with Gasteiger partial charge in [-0.1, -0.05) is 0 Å². The monoisotopic (exact) mass is 467 g/mol. The molecule has 4 aromatic rings. The van der Waals surface area contributed by atoms with Gasteiger partial charge in [-0.25, -0.2) is 13.8 Å². The van der Waals surface area contributed by atoms with Crippen molar-refractivity contribution < 1.29 is 18.3 Å². The lowest BCUT2D eigenvalue weighted by Gasteiger charge is -2.30. The van der Waals surface area contributed by atoms with Crippen LogP contribution in [-0.2, 0) is 6.54 Å². The molecule has 3 aromatic heterocycles. The van der Waals surface area contributed by atoms with Crippen LogP contribution in [0, 0.1) is 6.92 Å². The highest BCUT2D eigenvalue weighted by Gasteiger charge is 2.24. The first kappa shape index (κ1) is 22.3. The van der Waals surface area contributed by atoms with Gasteiger partial charge in [0.1, 0.15) is 17.1 Å². The number of benzene rings is 1. The Hall–Kier alpha value is -3.46. The Morgan fingerprint density at radius 2 is 2.09 bits per heavy atom. The Bertz CT molecular complexity index is 1380. The number of nitrogens with zero attached hydrogens (tertiary/aromatic N) is 4. The summed E-state index contributed by atoms with van der Waals surface area (Å²) in [6.45, 7) is 2.66. The molecule has 1 aromatic carbocycles. The number of aryl methyl sites for hydroxylation is 1. The fourth-order valence-electron chi connectivity index (χ4n) is 4.81. The van der Waals surface area contributed by atoms with Gasteiger partial charge in [0, 0.05) is 48.0 Å². The molecule has 0 unspecified atom stereocenters. The number of halogens is 2. The zero-order chi connectivity index (χ0) is 24.0. The summed E-state index contributed by atoms with van der Waals surface area (Å²) in [5.74, 6) is 0.527. The summed E-state index contributed by atoms with van der Waals surface area (Å²) in [5, 5.41) is 0.824. The molecule has 0 spiro atoms. The van der Waals surface area contributed by atoms with E-state index in [4.69, 9.17) is 15.5 Å². The largest absolute Gasteiger partial charge is 0.497 e. The maximum absolute atomic E-state index is 13.5. The SMILES string of the molecule is COc1ccc2cc(-c3nc4cc(C(=O)N5CCC[C@@H](N)C5)ccn4c3C)n(CC(F)F)c2c1. The van der Waals surface area contributed by atoms with E-state index in [-0.39, 0.29) is 11.9 Å². The van der Waals surface area contributed by atoms with Crippen molar-refractivity contribution in [2.75, 3.05) is 20.2 Å². The summed E-state index contributed by atoms with van der Waals surface area (Å²) in [7, 11) is 1.55. The van der Waals surface area contributed by atoms with E-state index in [0.29, 0.717) is 47.0 Å². The minimum Gasteiger partial charge on any atom is -0.497 e. The topological polar surface area (TPSA) is 77.8 Å². The molecule has 0 bridgehead atoms. The first-order chi connectivity index (χ1) is 16.4. The summed E-state index contributed by atoms with van der Waals surface area (Å²) in [4.78, 5) is 19.6. The molecule has 34 heavy (non-hydrogen) atoms. The zero-order valence-electron chi connectivity index (χ0n) is 19.2. The quantitative estimate of drug-likeness (QED) is 0.479. The van der Waals surface area contributed by atoms with Gasteiger partial charge in [0.05, 0.1) is 24.9 Å². The van der Waals surface area contributed by atoms with Gasteiger partial charge in [0.2, 0.25) is 0 Å². The standard InChI is InChI=1S/C25H27F2N5O2/c1-15-24(21-10-16-5-6-19(34-2)12-20(16)32(21)14-22(26)27)29-23-11-17(7-9-31(15)23)25(33)30-8-3-4-18(28)13-30/h5-7,9-12,18,22H,3-4,8,13-14,28H2,1-2H3/t18-/m1/s1. The summed E-state index contributed by atoms with van der Waals surface area (Å²) >= 11 is 0. The first-order valence-corrected chi connectivity index (χ1v) is 11.3. The van der Waals surface area contributed by atoms with Crippen molar-refractivity contribution in [3.63, 3.8) is 0 Å². The Kier molecular flexibility index (Phi) is 5.73. The number of aromatic nitrogens is 3. The van der Waals surface area contributed by atoms with Gasteiger partial charge >= 0.3 is 0 Å². The molecule has 0 saturated carbocycles. The number of likely N-dealkylation sites (tertiary alicyclic amines) is 1. The maximum atomic E-state index is 13.5. The Labute approximate surface area is 195 Å². The van der Waals surface area contributed by atoms with Gasteiger partial charge in [0.25, 0.3) is 12.3 Å². The van der Waals surface area contributed by atoms with Crippen molar-refractivity contribution in [3.8, 4) is 17.1 Å². The molecular weight excluding hydrogens is 440 g/mol. The van der Waals surface area contributed by atoms with Crippen molar-refractivity contribution in [2.45, 2.75) is 38.8 Å². The average molecular weight is 468 g/mol. The summed E-state index contributed by atoms with van der Waals surface area (Å²) in [6.07, 6.45) is 1.09. The molecule has 0 aliphatic carbocycles. The summed E-state index contributed by atoms with van der Waals surface area (Å²) in [5.41, 5.74) is 9.83. The number of hydrogen-bond acceptors (Lipinski definition) is 4. The number of rotatable bonds is 5. The lowest BCUT2D eigenvalue weighted by atomic mass is 10.1. The van der Waals surface area contributed by atoms with E-state index in [1.54, 1.807) is 47.0 Å². The highest BCUT2D eigenvalue weighted by molar-refractivity contribution is 5.95. The predicted molar refractivity (Wildman–Crippen MR) is 127 cm³/mol. The van der Waals surface area contributed by atoms with Crippen molar-refractivity contribution in [1.82, 2.24) is 18.9 Å². The highest BCUT2D eigenvalue weighted by atomic mass is 19.3. The normalized spacial score (nSPS) is 16.6. The van der Waals surface area contributed by atoms with Crippen molar-refractivity contribution in [3.05, 3.63) is 53.9 Å². The average Bonchev–Trinajstić information content (AvgIpc) is 3.34. The molecule has 5 rings (SSSR count). The summed E-state index contributed by atoms with van der Waals surface area (Å²) < 4.78 is 35.8. The van der Waals surface area contributed by atoms with Crippen molar-refractivity contribution >= 4 is 22.5 Å². The number of amides is 1. The number of methoxy groups -OCH3 is 1. The third-order valence-corrected chi connectivity index (χ3v) is 6.53. The molecule has 1 aliphatic heterocycles. The van der Waals surface area contributed by atoms with Gasteiger partial charge < -0.3 is 24.3 Å². The number of imidazole rings is 1. The molecule has 0 radical (unpaired) electrons. The molecule has 178 valence electrons. The fourth-order valence-corrected chi connectivity index (χ4v) is 4.81. The van der Waals surface area contributed by atoms with Crippen LogP contribution < -0.4 is 10.5 Å². The zero-order valence-corrected chi connectivity index (χ0v) is 19.2. The van der Waals surface area contributed by atoms with Gasteiger partial charge in [-0.3, -0.25) is 4.79 Å². The number of ether oxygens (including phenoxy) is 1. The second-order valence-electron chi connectivity index (χ2n) is 8.80. The molecular formula is C25H27F2N5O2. The van der Waals surface area contributed by atoms with Crippen LogP contribution in [-0.4, -0.2) is 57.4 Å². The highest BCUT2D eigenvalue weighted by Crippen LogP contribution is 2.33. The van der Waals surface area contributed by atoms with Gasteiger partial charge in [0.15, 0.2) is 0 Å². The number of nitrogens with two attached hydrogens (primary N) is 1. The van der Waals surface area contributed by atoms with E-state index in [2.05, 4.69) is 0 Å². The molecule has 2 N–H and O–H groups in total. The maximum Gasteiger partial charge on any atom is 0.256 e. The van der Waals surface area contributed by atoms with Crippen LogP contribution >= 0.6 is 0 Å². The van der Waals surface area contributed by atoms with E-state index in [1.807, 2.05) is 23.5 Å². The van der Waals surface area contributed by atoms with E-state index < -0.39 is 13.0 Å². The van der Waals surface area contributed by atoms with Crippen LogP contribution in [0.15, 0.2) is 42.6 Å². The lowest BCUT2D eigenvalue weighted by Crippen LogP contribution is -2.45. The Morgan fingerprint density at radius 1 is 1.26 bits per heavy atom. The molecule has 1 amide bonds. The van der Waals surface area contributed by atoms with Crippen LogP contribution in [0.3, 0.4) is 0 Å². The van der Waals surface area contributed by atoms with Crippen molar-refractivity contribution in [2.24, 2.45) is 5.73 Å². The van der Waals surface area contributed by atoms with E-state index in [0.717, 1.165) is 23.9 Å². The predicted octanol–water partition coefficient (Wildman–Crippen LogP) is 4.10. The number of piperidine rings is 1. The summed E-state index contributed by atoms with van der Waals surface area (Å²) in [6, 6.07) is 10.8. The van der Waals surface area contributed by atoms with E-state index in [9.17, 15) is 13.6 Å². The third-order valence-electron chi connectivity index (χ3n) is 6.53. The van der Waals surface area contributed by atoms with E-state index in [1.165, 1.54) is 0 Å². The molecule has 9 heteroatoms. The molecule has 7 nitrogen and oxygen atoms in total. The second kappa shape index (κ2) is 8.72. The molecule has 1 saturated heterocycles. The van der Waals surface area contributed by atoms with Crippen LogP contribution in [0.1, 0.15) is 28.9 Å². The minimum absolute atomic E-state index is 0.00270. The molecule has 1 atom stereocenters. The van der Waals surface area contributed by atoms with Crippen LogP contribution in [0.25, 0.3) is 27.9 Å². The van der Waals surface area contributed by atoms with Crippen LogP contribution in [0.2, 0.25) is 0 Å². The third kappa shape index (κ3) is 3.90. The smallest absolute Gasteiger partial charge is 0.256 e. The van der Waals surface area contributed by atoms with Gasteiger partial charge in [-0.2, -0.15) is 0 Å². The number of pyridine rings is 1. The fraction of sp³-hybridized carbons (Fsp3) is 0.360. The Morgan fingerprint density at radius 3 is 2.82 bits per heavy atom. The number of carbonyl (C=O) groups is 1. The number of hydrogen-bond donors (Lipinski definition) is 1. The molecule has 1 fully saturated rings. The number of carbonyl (C=O) groups excluding carboxylic acids is 1. The number of alkyl halides is 2.